The first-order chi connectivity index (χ1) is 10.3. The third kappa shape index (κ3) is 2.79. The van der Waals surface area contributed by atoms with Crippen molar-refractivity contribution in [2.75, 3.05) is 0 Å². The number of fused-ring (bicyclic) bond motifs is 1. The van der Waals surface area contributed by atoms with Crippen molar-refractivity contribution in [1.82, 2.24) is 9.38 Å². The highest BCUT2D eigenvalue weighted by Gasteiger charge is 2.10. The molecule has 0 aliphatic heterocycles. The van der Waals surface area contributed by atoms with Gasteiger partial charge in [0.05, 0.1) is 11.3 Å². The van der Waals surface area contributed by atoms with Gasteiger partial charge in [-0.1, -0.05) is 25.1 Å². The first-order valence-electron chi connectivity index (χ1n) is 6.95. The van der Waals surface area contributed by atoms with Gasteiger partial charge in [0.1, 0.15) is 18.0 Å². The zero-order valence-corrected chi connectivity index (χ0v) is 11.8. The van der Waals surface area contributed by atoms with E-state index in [0.29, 0.717) is 24.3 Å². The van der Waals surface area contributed by atoms with Crippen LogP contribution in [0.2, 0.25) is 0 Å². The predicted octanol–water partition coefficient (Wildman–Crippen LogP) is 3.51. The third-order valence-electron chi connectivity index (χ3n) is 3.30. The van der Waals surface area contributed by atoms with E-state index in [1.54, 1.807) is 6.07 Å². The lowest BCUT2D eigenvalue weighted by Crippen LogP contribution is -2.03. The molecule has 0 saturated heterocycles. The summed E-state index contributed by atoms with van der Waals surface area (Å²) in [6.07, 6.45) is 4.34. The lowest BCUT2D eigenvalue weighted by Gasteiger charge is -2.08. The zero-order chi connectivity index (χ0) is 14.7. The summed E-state index contributed by atoms with van der Waals surface area (Å²) >= 11 is 0. The van der Waals surface area contributed by atoms with Crippen molar-refractivity contribution in [1.29, 1.82) is 0 Å². The lowest BCUT2D eigenvalue weighted by atomic mass is 10.1. The van der Waals surface area contributed by atoms with Gasteiger partial charge in [-0.2, -0.15) is 0 Å². The van der Waals surface area contributed by atoms with Crippen LogP contribution in [0.15, 0.2) is 54.9 Å². The van der Waals surface area contributed by atoms with Gasteiger partial charge in [-0.15, -0.1) is 0 Å². The van der Waals surface area contributed by atoms with Gasteiger partial charge in [0, 0.05) is 18.8 Å². The van der Waals surface area contributed by atoms with E-state index in [1.807, 2.05) is 60.1 Å². The number of nitrogens with zero attached hydrogens (tertiary/aromatic N) is 2. The molecule has 0 bridgehead atoms. The number of carbonyl (C=O) groups is 1. The van der Waals surface area contributed by atoms with Gasteiger partial charge in [0.15, 0.2) is 5.78 Å². The first kappa shape index (κ1) is 13.4. The molecule has 0 N–H and O–H groups in total. The molecular formula is C17H16N2O2. The Morgan fingerprint density at radius 3 is 2.81 bits per heavy atom. The Kier molecular flexibility index (Phi) is 3.69. The molecule has 4 nitrogen and oxygen atoms in total. The second-order valence-electron chi connectivity index (χ2n) is 4.76. The van der Waals surface area contributed by atoms with E-state index in [9.17, 15) is 4.79 Å². The van der Waals surface area contributed by atoms with Crippen molar-refractivity contribution in [2.24, 2.45) is 0 Å². The van der Waals surface area contributed by atoms with Gasteiger partial charge >= 0.3 is 0 Å². The minimum atomic E-state index is 0.0839. The molecule has 0 fully saturated rings. The maximum atomic E-state index is 11.9. The fraction of sp³-hybridized carbons (Fsp3) is 0.176. The number of aromatic nitrogens is 2. The van der Waals surface area contributed by atoms with Crippen LogP contribution in [0.25, 0.3) is 5.65 Å². The number of carbonyl (C=O) groups excluding carboxylic acids is 1. The summed E-state index contributed by atoms with van der Waals surface area (Å²) in [5, 5.41) is 0. The molecule has 0 spiro atoms. The second-order valence-corrected chi connectivity index (χ2v) is 4.76. The minimum Gasteiger partial charge on any atom is -0.486 e. The Bertz CT molecular complexity index is 744. The highest BCUT2D eigenvalue weighted by molar-refractivity contribution is 5.98. The highest BCUT2D eigenvalue weighted by atomic mass is 16.5. The summed E-state index contributed by atoms with van der Waals surface area (Å²) < 4.78 is 7.73. The average Bonchev–Trinajstić information content (AvgIpc) is 2.95. The first-order valence-corrected chi connectivity index (χ1v) is 6.95. The van der Waals surface area contributed by atoms with Gasteiger partial charge in [0.25, 0.3) is 0 Å². The standard InChI is InChI=1S/C17H16N2O2/c1-2-15(20)14-7-3-4-8-16(14)21-12-13-11-19-10-6-5-9-17(19)18-13/h3-11H,2,12H2,1H3. The monoisotopic (exact) mass is 280 g/mol. The Balaban J connectivity index is 1.80. The van der Waals surface area contributed by atoms with E-state index < -0.39 is 0 Å². The summed E-state index contributed by atoms with van der Waals surface area (Å²) in [4.78, 5) is 16.4. The number of hydrogen-bond donors (Lipinski definition) is 0. The van der Waals surface area contributed by atoms with Crippen LogP contribution in [-0.4, -0.2) is 15.2 Å². The fourth-order valence-electron chi connectivity index (χ4n) is 2.22. The van der Waals surface area contributed by atoms with Crippen LogP contribution in [0.4, 0.5) is 0 Å². The predicted molar refractivity (Wildman–Crippen MR) is 80.6 cm³/mol. The van der Waals surface area contributed by atoms with Crippen LogP contribution >= 0.6 is 0 Å². The molecule has 3 rings (SSSR count). The summed E-state index contributed by atoms with van der Waals surface area (Å²) in [6.45, 7) is 2.19. The fourth-order valence-corrected chi connectivity index (χ4v) is 2.22. The maximum Gasteiger partial charge on any atom is 0.166 e. The largest absolute Gasteiger partial charge is 0.486 e. The van der Waals surface area contributed by atoms with Crippen molar-refractivity contribution in [3.63, 3.8) is 0 Å². The normalized spacial score (nSPS) is 10.7. The van der Waals surface area contributed by atoms with Crippen LogP contribution < -0.4 is 4.74 Å². The van der Waals surface area contributed by atoms with Crippen LogP contribution in [0.5, 0.6) is 5.75 Å². The summed E-state index contributed by atoms with van der Waals surface area (Å²) in [6, 6.07) is 13.2. The van der Waals surface area contributed by atoms with E-state index in [-0.39, 0.29) is 5.78 Å². The van der Waals surface area contributed by atoms with Crippen LogP contribution in [0.3, 0.4) is 0 Å². The molecule has 0 unspecified atom stereocenters. The molecule has 3 aromatic rings. The number of pyridine rings is 1. The smallest absolute Gasteiger partial charge is 0.166 e. The molecule has 0 aliphatic carbocycles. The topological polar surface area (TPSA) is 43.6 Å². The summed E-state index contributed by atoms with van der Waals surface area (Å²) in [5.41, 5.74) is 2.35. The average molecular weight is 280 g/mol. The maximum absolute atomic E-state index is 11.9. The molecule has 21 heavy (non-hydrogen) atoms. The molecule has 1 aromatic carbocycles. The van der Waals surface area contributed by atoms with Gasteiger partial charge in [0.2, 0.25) is 0 Å². The number of para-hydroxylation sites is 1. The molecule has 106 valence electrons. The molecule has 2 aromatic heterocycles. The van der Waals surface area contributed by atoms with Gasteiger partial charge < -0.3 is 9.14 Å². The van der Waals surface area contributed by atoms with E-state index in [2.05, 4.69) is 4.98 Å². The van der Waals surface area contributed by atoms with Crippen molar-refractivity contribution >= 4 is 11.4 Å². The number of ketones is 1. The van der Waals surface area contributed by atoms with Crippen molar-refractivity contribution < 1.29 is 9.53 Å². The Hall–Kier alpha value is -2.62. The lowest BCUT2D eigenvalue weighted by molar-refractivity contribution is 0.0983. The van der Waals surface area contributed by atoms with Gasteiger partial charge in [-0.3, -0.25) is 4.79 Å². The van der Waals surface area contributed by atoms with Gasteiger partial charge in [-0.25, -0.2) is 4.98 Å². The quantitative estimate of drug-likeness (QED) is 0.672. The Morgan fingerprint density at radius 2 is 2.00 bits per heavy atom. The summed E-state index contributed by atoms with van der Waals surface area (Å²) in [5.74, 6) is 0.696. The van der Waals surface area contributed by atoms with Gasteiger partial charge in [-0.05, 0) is 24.3 Å². The molecule has 0 aliphatic rings. The molecule has 0 radical (unpaired) electrons. The van der Waals surface area contributed by atoms with Crippen molar-refractivity contribution in [3.8, 4) is 5.75 Å². The number of Topliss-reactive ketones (excluding diaryl/α,β-unsaturated/α-hetero) is 1. The second kappa shape index (κ2) is 5.79. The number of ether oxygens (including phenoxy) is 1. The zero-order valence-electron chi connectivity index (χ0n) is 11.8. The number of rotatable bonds is 5. The SMILES string of the molecule is CCC(=O)c1ccccc1OCc1cn2ccccc2n1. The van der Waals surface area contributed by atoms with Crippen LogP contribution in [-0.2, 0) is 6.61 Å². The van der Waals surface area contributed by atoms with Crippen molar-refractivity contribution in [2.45, 2.75) is 20.0 Å². The number of hydrogen-bond acceptors (Lipinski definition) is 3. The van der Waals surface area contributed by atoms with E-state index >= 15 is 0 Å². The van der Waals surface area contributed by atoms with Crippen molar-refractivity contribution in [3.05, 3.63) is 66.1 Å². The molecule has 2 heterocycles. The third-order valence-corrected chi connectivity index (χ3v) is 3.30. The molecule has 0 saturated carbocycles. The van der Waals surface area contributed by atoms with E-state index in [1.165, 1.54) is 0 Å². The Labute approximate surface area is 123 Å². The minimum absolute atomic E-state index is 0.0839. The van der Waals surface area contributed by atoms with E-state index in [0.717, 1.165) is 11.3 Å². The molecule has 0 atom stereocenters. The number of imidazole rings is 1. The summed E-state index contributed by atoms with van der Waals surface area (Å²) in [7, 11) is 0. The Morgan fingerprint density at radius 1 is 1.19 bits per heavy atom. The van der Waals surface area contributed by atoms with E-state index in [4.69, 9.17) is 4.74 Å². The molecule has 4 heteroatoms. The number of benzene rings is 1. The van der Waals surface area contributed by atoms with Crippen LogP contribution in [0.1, 0.15) is 29.4 Å². The highest BCUT2D eigenvalue weighted by Crippen LogP contribution is 2.20. The van der Waals surface area contributed by atoms with Crippen LogP contribution in [0, 0.1) is 0 Å². The molecular weight excluding hydrogens is 264 g/mol. The molecule has 0 amide bonds.